The third kappa shape index (κ3) is 5.52. The summed E-state index contributed by atoms with van der Waals surface area (Å²) in [4.78, 5) is 27.2. The lowest BCUT2D eigenvalue weighted by Crippen LogP contribution is -2.45. The van der Waals surface area contributed by atoms with Crippen molar-refractivity contribution in [2.75, 3.05) is 23.6 Å². The van der Waals surface area contributed by atoms with Gasteiger partial charge in [-0.3, -0.25) is 9.59 Å². The van der Waals surface area contributed by atoms with E-state index in [1.165, 1.54) is 18.2 Å². The zero-order valence-electron chi connectivity index (χ0n) is 23.1. The van der Waals surface area contributed by atoms with E-state index < -0.39 is 24.1 Å². The third-order valence-corrected chi connectivity index (χ3v) is 8.68. The Balaban J connectivity index is 1.19. The van der Waals surface area contributed by atoms with Crippen molar-refractivity contribution in [3.63, 3.8) is 0 Å². The Hall–Kier alpha value is -3.77. The Morgan fingerprint density at radius 2 is 1.76 bits per heavy atom. The van der Waals surface area contributed by atoms with Gasteiger partial charge < -0.3 is 30.2 Å². The number of carbonyl (C=O) groups is 2. The molecule has 3 aliphatic heterocycles. The van der Waals surface area contributed by atoms with Gasteiger partial charge in [0.2, 0.25) is 0 Å². The summed E-state index contributed by atoms with van der Waals surface area (Å²) in [6.07, 6.45) is -0.220. The number of nitrogens with two attached hydrogens (primary N) is 1. The zero-order valence-corrected chi connectivity index (χ0v) is 23.1. The Kier molecular flexibility index (Phi) is 7.30. The molecule has 6 rings (SSSR count). The molecule has 2 aromatic rings. The fraction of sp³-hybridized carbons (Fsp3) is 0.467. The standard InChI is InChI=1S/C30H33F3N4O5/c1-36-24-14-19(10-11-21(24)27(35-36)29(39)40)37-17-8-9-18(37)13-20(12-17)41-15-23(28(38)16-6-7-16)26(34)22-4-2-3-5-25(22)42-30(31,32)33/h2-5,10-11,14,16-18,20,27,35H,6-9,12-13,15,34H2,1H3,(H,39,40)/t17-,18?,20?,27?/m0/s1. The van der Waals surface area contributed by atoms with Gasteiger partial charge in [-0.15, -0.1) is 13.2 Å². The topological polar surface area (TPSA) is 117 Å². The van der Waals surface area contributed by atoms with Gasteiger partial charge in [-0.25, -0.2) is 5.43 Å². The van der Waals surface area contributed by atoms with E-state index in [1.54, 1.807) is 18.1 Å². The van der Waals surface area contributed by atoms with E-state index in [2.05, 4.69) is 15.1 Å². The number of piperidine rings is 1. The monoisotopic (exact) mass is 586 g/mol. The molecule has 0 radical (unpaired) electrons. The van der Waals surface area contributed by atoms with Crippen LogP contribution < -0.4 is 25.8 Å². The molecule has 3 fully saturated rings. The number of hydrogen-bond acceptors (Lipinski definition) is 8. The van der Waals surface area contributed by atoms with Crippen molar-refractivity contribution in [3.8, 4) is 5.75 Å². The molecule has 0 amide bonds. The SMILES string of the molecule is CN1NC(C(=O)O)c2ccc(N3C4CC[C@H]3CC(OCC(C(=O)C3CC3)=C(N)c3ccccc3OC(F)(F)F)C4)cc21. The number of ketones is 1. The van der Waals surface area contributed by atoms with Crippen molar-refractivity contribution < 1.29 is 37.3 Å². The number of fused-ring (bicyclic) bond motifs is 3. The Labute approximate surface area is 241 Å². The second kappa shape index (κ2) is 10.8. The summed E-state index contributed by atoms with van der Waals surface area (Å²) in [5.74, 6) is -1.77. The van der Waals surface area contributed by atoms with Gasteiger partial charge >= 0.3 is 12.3 Å². The number of para-hydroxylation sites is 1. The van der Waals surface area contributed by atoms with Gasteiger partial charge in [0.1, 0.15) is 5.75 Å². The maximum absolute atomic E-state index is 13.2. The number of carboxylic acids is 1. The second-order valence-corrected chi connectivity index (χ2v) is 11.5. The van der Waals surface area contributed by atoms with Gasteiger partial charge in [-0.1, -0.05) is 18.2 Å². The Bertz CT molecular complexity index is 1410. The molecule has 2 aromatic carbocycles. The van der Waals surface area contributed by atoms with Gasteiger partial charge in [0.15, 0.2) is 11.8 Å². The molecule has 2 bridgehead atoms. The molecule has 0 aromatic heterocycles. The molecule has 9 nitrogen and oxygen atoms in total. The first-order chi connectivity index (χ1) is 20.0. The summed E-state index contributed by atoms with van der Waals surface area (Å²) >= 11 is 0. The van der Waals surface area contributed by atoms with Gasteiger partial charge in [0.05, 0.1) is 24.1 Å². The predicted octanol–water partition coefficient (Wildman–Crippen LogP) is 4.53. The van der Waals surface area contributed by atoms with Crippen molar-refractivity contribution in [2.45, 2.75) is 69.1 Å². The number of rotatable bonds is 9. The van der Waals surface area contributed by atoms with E-state index in [-0.39, 0.29) is 53.3 Å². The minimum Gasteiger partial charge on any atom is -0.480 e. The molecule has 4 atom stereocenters. The molecule has 1 saturated carbocycles. The van der Waals surface area contributed by atoms with Crippen LogP contribution in [0.15, 0.2) is 48.0 Å². The van der Waals surface area contributed by atoms with Gasteiger partial charge in [-0.2, -0.15) is 0 Å². The first-order valence-electron chi connectivity index (χ1n) is 14.1. The van der Waals surface area contributed by atoms with Crippen LogP contribution in [0.2, 0.25) is 0 Å². The second-order valence-electron chi connectivity index (χ2n) is 11.5. The predicted molar refractivity (Wildman–Crippen MR) is 149 cm³/mol. The average molecular weight is 587 g/mol. The van der Waals surface area contributed by atoms with Crippen LogP contribution in [0.4, 0.5) is 24.5 Å². The van der Waals surface area contributed by atoms with E-state index >= 15 is 0 Å². The number of ether oxygens (including phenoxy) is 2. The molecule has 2 saturated heterocycles. The molecule has 1 aliphatic carbocycles. The number of hydrogen-bond donors (Lipinski definition) is 3. The van der Waals surface area contributed by atoms with Crippen molar-refractivity contribution in [2.24, 2.45) is 11.7 Å². The van der Waals surface area contributed by atoms with Gasteiger partial charge in [0, 0.05) is 47.4 Å². The number of carboxylic acid groups (broad SMARTS) is 1. The van der Waals surface area contributed by atoms with E-state index in [1.807, 2.05) is 18.2 Å². The van der Waals surface area contributed by atoms with E-state index in [4.69, 9.17) is 10.5 Å². The quantitative estimate of drug-likeness (QED) is 0.365. The van der Waals surface area contributed by atoms with Crippen LogP contribution in [0.25, 0.3) is 5.70 Å². The molecule has 3 heterocycles. The summed E-state index contributed by atoms with van der Waals surface area (Å²) in [5.41, 5.74) is 12.1. The lowest BCUT2D eigenvalue weighted by Gasteiger charge is -2.40. The van der Waals surface area contributed by atoms with E-state index in [0.29, 0.717) is 0 Å². The van der Waals surface area contributed by atoms with Crippen molar-refractivity contribution in [1.82, 2.24) is 5.43 Å². The number of anilines is 2. The smallest absolute Gasteiger partial charge is 0.480 e. The lowest BCUT2D eigenvalue weighted by molar-refractivity contribution is -0.274. The van der Waals surface area contributed by atoms with Crippen LogP contribution >= 0.6 is 0 Å². The maximum Gasteiger partial charge on any atom is 0.573 e. The van der Waals surface area contributed by atoms with Crippen LogP contribution in [0, 0.1) is 5.92 Å². The molecular weight excluding hydrogens is 553 g/mol. The van der Waals surface area contributed by atoms with Crippen molar-refractivity contribution in [3.05, 3.63) is 59.2 Å². The van der Waals surface area contributed by atoms with E-state index in [0.717, 1.165) is 55.5 Å². The molecule has 12 heteroatoms. The summed E-state index contributed by atoms with van der Waals surface area (Å²) < 4.78 is 49.6. The van der Waals surface area contributed by atoms with E-state index in [9.17, 15) is 27.9 Å². The number of alkyl halides is 3. The molecule has 4 N–H and O–H groups in total. The minimum absolute atomic E-state index is 0.0125. The van der Waals surface area contributed by atoms with Crippen LogP contribution in [0.5, 0.6) is 5.75 Å². The highest BCUT2D eigenvalue weighted by Gasteiger charge is 2.43. The molecule has 3 unspecified atom stereocenters. The Morgan fingerprint density at radius 3 is 2.40 bits per heavy atom. The fourth-order valence-electron chi connectivity index (χ4n) is 6.57. The summed E-state index contributed by atoms with van der Waals surface area (Å²) in [6.45, 7) is -0.0858. The first-order valence-corrected chi connectivity index (χ1v) is 14.1. The zero-order chi connectivity index (χ0) is 29.8. The van der Waals surface area contributed by atoms with Crippen molar-refractivity contribution in [1.29, 1.82) is 0 Å². The molecule has 4 aliphatic rings. The minimum atomic E-state index is -4.90. The number of carbonyl (C=O) groups excluding carboxylic acids is 1. The van der Waals surface area contributed by atoms with Gasteiger partial charge in [-0.05, 0) is 62.8 Å². The highest BCUT2D eigenvalue weighted by Crippen LogP contribution is 2.44. The molecule has 42 heavy (non-hydrogen) atoms. The lowest BCUT2D eigenvalue weighted by atomic mass is 9.97. The fourth-order valence-corrected chi connectivity index (χ4v) is 6.57. The van der Waals surface area contributed by atoms with Crippen molar-refractivity contribution >= 4 is 28.8 Å². The Morgan fingerprint density at radius 1 is 1.07 bits per heavy atom. The molecule has 224 valence electrons. The highest BCUT2D eigenvalue weighted by atomic mass is 19.4. The highest BCUT2D eigenvalue weighted by molar-refractivity contribution is 6.05. The van der Waals surface area contributed by atoms with Crippen LogP contribution in [0.1, 0.15) is 55.7 Å². The van der Waals surface area contributed by atoms with Gasteiger partial charge in [0.25, 0.3) is 0 Å². The number of halogens is 3. The molecular formula is C30H33F3N4O5. The average Bonchev–Trinajstić information content (AvgIpc) is 3.69. The van der Waals surface area contributed by atoms with Crippen LogP contribution in [-0.2, 0) is 14.3 Å². The first kappa shape index (κ1) is 28.4. The van der Waals surface area contributed by atoms with Crippen LogP contribution in [0.3, 0.4) is 0 Å². The van der Waals surface area contributed by atoms with Crippen LogP contribution in [-0.4, -0.2) is 55.1 Å². The third-order valence-electron chi connectivity index (χ3n) is 8.68. The largest absolute Gasteiger partial charge is 0.573 e. The maximum atomic E-state index is 13.2. The number of benzene rings is 2. The summed E-state index contributed by atoms with van der Waals surface area (Å²) in [6, 6.07) is 11.0. The number of nitrogens with one attached hydrogen (secondary N) is 1. The summed E-state index contributed by atoms with van der Waals surface area (Å²) in [5, 5.41) is 11.3. The summed E-state index contributed by atoms with van der Waals surface area (Å²) in [7, 11) is 1.80. The number of nitrogens with zero attached hydrogens (tertiary/aromatic N) is 2. The number of Topliss-reactive ketones (excluding diaryl/α,β-unsaturated/α-hetero) is 1. The number of aliphatic carboxylic acids is 1. The molecule has 0 spiro atoms. The normalized spacial score (nSPS) is 25.7. The number of hydrazine groups is 1.